The number of carbonyl (C=O) groups excluding carboxylic acids is 1. The molecule has 0 saturated heterocycles. The molecule has 3 N–H and O–H groups in total. The van der Waals surface area contributed by atoms with Crippen LogP contribution in [-0.4, -0.2) is 48.8 Å². The summed E-state index contributed by atoms with van der Waals surface area (Å²) < 4.78 is 45.0. The summed E-state index contributed by atoms with van der Waals surface area (Å²) in [5, 5.41) is 4.63. The molecule has 1 unspecified atom stereocenters. The van der Waals surface area contributed by atoms with Crippen LogP contribution in [0.5, 0.6) is 11.5 Å². The van der Waals surface area contributed by atoms with Crippen LogP contribution >= 0.6 is 11.3 Å². The van der Waals surface area contributed by atoms with Gasteiger partial charge in [0.1, 0.15) is 17.5 Å². The van der Waals surface area contributed by atoms with Crippen LogP contribution in [0.15, 0.2) is 46.6 Å². The van der Waals surface area contributed by atoms with Gasteiger partial charge in [-0.2, -0.15) is 8.78 Å². The van der Waals surface area contributed by atoms with Crippen molar-refractivity contribution < 1.29 is 27.8 Å². The molecule has 6 rings (SSSR count). The first-order chi connectivity index (χ1) is 22.1. The quantitative estimate of drug-likeness (QED) is 0.177. The Morgan fingerprint density at radius 2 is 2.02 bits per heavy atom. The Hall–Kier alpha value is -4.20. The van der Waals surface area contributed by atoms with Crippen LogP contribution < -0.4 is 31.0 Å². The number of anilines is 2. The zero-order chi connectivity index (χ0) is 32.5. The highest BCUT2D eigenvalue weighted by atomic mass is 32.1. The highest BCUT2D eigenvalue weighted by Crippen LogP contribution is 2.47. The number of pyridine rings is 1. The number of ether oxygens (including phenoxy) is 3. The lowest BCUT2D eigenvalue weighted by molar-refractivity contribution is -0.143. The van der Waals surface area contributed by atoms with Gasteiger partial charge in [-0.25, -0.2) is 0 Å². The van der Waals surface area contributed by atoms with E-state index >= 15 is 0 Å². The third kappa shape index (κ3) is 6.39. The molecular weight excluding hydrogens is 616 g/mol. The molecule has 10 nitrogen and oxygen atoms in total. The maximum absolute atomic E-state index is 13.6. The number of halogens is 2. The van der Waals surface area contributed by atoms with Crippen LogP contribution in [0, 0.1) is 6.92 Å². The van der Waals surface area contributed by atoms with Crippen molar-refractivity contribution in [1.82, 2.24) is 15.4 Å². The van der Waals surface area contributed by atoms with Crippen molar-refractivity contribution in [2.75, 3.05) is 30.6 Å². The fourth-order valence-corrected chi connectivity index (χ4v) is 7.27. The number of alkyl halides is 2. The van der Waals surface area contributed by atoms with Crippen LogP contribution in [-0.2, 0) is 22.6 Å². The molecule has 2 aliphatic rings. The minimum absolute atomic E-state index is 0.000810. The average molecular weight is 654 g/mol. The maximum atomic E-state index is 13.6. The number of esters is 1. The molecule has 0 fully saturated rings. The van der Waals surface area contributed by atoms with Crippen molar-refractivity contribution in [3.05, 3.63) is 80.1 Å². The summed E-state index contributed by atoms with van der Waals surface area (Å²) in [6.07, 6.45) is 0.737. The van der Waals surface area contributed by atoms with Gasteiger partial charge < -0.3 is 24.6 Å². The zero-order valence-electron chi connectivity index (χ0n) is 26.1. The summed E-state index contributed by atoms with van der Waals surface area (Å²) in [6, 6.07) is 11.0. The molecule has 0 saturated carbocycles. The van der Waals surface area contributed by atoms with E-state index in [1.165, 1.54) is 6.07 Å². The molecule has 4 heterocycles. The lowest BCUT2D eigenvalue weighted by atomic mass is 9.83. The Morgan fingerprint density at radius 3 is 2.78 bits per heavy atom. The van der Waals surface area contributed by atoms with Gasteiger partial charge in [-0.05, 0) is 77.6 Å². The van der Waals surface area contributed by atoms with Crippen LogP contribution in [0.4, 0.5) is 20.2 Å². The summed E-state index contributed by atoms with van der Waals surface area (Å²) in [7, 11) is 1.70. The minimum Gasteiger partial charge on any atom is -0.487 e. The number of hydrogen-bond donors (Lipinski definition) is 3. The number of hydrazine groups is 2. The lowest BCUT2D eigenvalue weighted by Crippen LogP contribution is -2.32. The van der Waals surface area contributed by atoms with Crippen LogP contribution in [0.3, 0.4) is 0 Å². The van der Waals surface area contributed by atoms with Crippen molar-refractivity contribution >= 4 is 38.8 Å². The molecule has 0 amide bonds. The van der Waals surface area contributed by atoms with Gasteiger partial charge in [0.15, 0.2) is 5.75 Å². The maximum Gasteiger partial charge on any atom is 0.387 e. The highest BCUT2D eigenvalue weighted by Gasteiger charge is 2.31. The predicted octanol–water partition coefficient (Wildman–Crippen LogP) is 6.04. The summed E-state index contributed by atoms with van der Waals surface area (Å²) >= 11 is 1.64. The van der Waals surface area contributed by atoms with Crippen LogP contribution in [0.25, 0.3) is 10.1 Å². The molecule has 2 aliphatic heterocycles. The fourth-order valence-electron chi connectivity index (χ4n) is 6.39. The molecule has 2 aromatic heterocycles. The second-order valence-corrected chi connectivity index (χ2v) is 12.5. The Morgan fingerprint density at radius 1 is 1.20 bits per heavy atom. The number of fused-ring (bicyclic) bond motifs is 3. The fraction of sp³-hybridized carbons (Fsp3) is 0.394. The van der Waals surface area contributed by atoms with E-state index in [-0.39, 0.29) is 30.4 Å². The third-order valence-corrected chi connectivity index (χ3v) is 9.52. The van der Waals surface area contributed by atoms with E-state index in [9.17, 15) is 18.4 Å². The van der Waals surface area contributed by atoms with Gasteiger partial charge in [-0.1, -0.05) is 13.0 Å². The molecule has 2 aromatic carbocycles. The SMILES string of the molecule is CCOC(=O)CC(c1cc(CN2Cc3[nH]c(=O)ccc3O[C@H](CC)C2)c2sccc2c1)c1cc(OC(F)F)c2c(c1C)NNN2C. The molecular formula is C33H37F2N5O5S. The van der Waals surface area contributed by atoms with Gasteiger partial charge >= 0.3 is 12.6 Å². The smallest absolute Gasteiger partial charge is 0.387 e. The standard InChI is InChI=1S/C33H37F2N5O5S/c1-5-22-16-40(17-25-26(44-22)7-8-28(41)36-25)15-21-12-20(11-19-9-10-46-32(19)21)24(14-29(42)43-6-2)23-13-27(45-33(34)35)31-30(18(23)3)37-38-39(31)4/h7-13,22,24,33,37-38H,5-6,14-17H2,1-4H3,(H,36,41)/t22-,24?/m1/s1. The van der Waals surface area contributed by atoms with Crippen LogP contribution in [0.1, 0.15) is 60.6 Å². The summed E-state index contributed by atoms with van der Waals surface area (Å²) in [5.74, 6) is -0.233. The number of aromatic nitrogens is 1. The van der Waals surface area contributed by atoms with E-state index in [2.05, 4.69) is 39.9 Å². The van der Waals surface area contributed by atoms with Crippen LogP contribution in [0.2, 0.25) is 0 Å². The average Bonchev–Trinajstić information content (AvgIpc) is 3.61. The Kier molecular flexibility index (Phi) is 9.16. The topological polar surface area (TPSA) is 108 Å². The van der Waals surface area contributed by atoms with E-state index in [4.69, 9.17) is 14.2 Å². The number of hydrogen-bond acceptors (Lipinski definition) is 10. The second kappa shape index (κ2) is 13.3. The zero-order valence-corrected chi connectivity index (χ0v) is 26.9. The van der Waals surface area contributed by atoms with Gasteiger partial charge in [-0.15, -0.1) is 16.9 Å². The number of nitrogens with one attached hydrogen (secondary N) is 3. The van der Waals surface area contributed by atoms with Crippen molar-refractivity contribution in [3.8, 4) is 11.5 Å². The van der Waals surface area contributed by atoms with Crippen molar-refractivity contribution in [1.29, 1.82) is 0 Å². The number of nitrogens with zero attached hydrogens (tertiary/aromatic N) is 2. The number of rotatable bonds is 10. The normalized spacial score (nSPS) is 16.8. The summed E-state index contributed by atoms with van der Waals surface area (Å²) in [4.78, 5) is 30.4. The van der Waals surface area contributed by atoms with Crippen molar-refractivity contribution in [3.63, 3.8) is 0 Å². The van der Waals surface area contributed by atoms with E-state index in [1.807, 2.05) is 18.4 Å². The number of H-pyrrole nitrogens is 1. The van der Waals surface area contributed by atoms with E-state index in [0.29, 0.717) is 42.3 Å². The first-order valence-electron chi connectivity index (χ1n) is 15.3. The summed E-state index contributed by atoms with van der Waals surface area (Å²) in [5.41, 5.74) is 11.0. The number of thiophene rings is 1. The number of aromatic amines is 1. The van der Waals surface area contributed by atoms with Gasteiger partial charge in [-0.3, -0.25) is 19.5 Å². The first kappa shape index (κ1) is 31.8. The summed E-state index contributed by atoms with van der Waals surface area (Å²) in [6.45, 7) is 4.63. The molecule has 13 heteroatoms. The van der Waals surface area contributed by atoms with E-state index in [1.54, 1.807) is 42.4 Å². The Bertz CT molecular complexity index is 1810. The van der Waals surface area contributed by atoms with Gasteiger partial charge in [0, 0.05) is 43.4 Å². The van der Waals surface area contributed by atoms with E-state index < -0.39 is 18.5 Å². The molecule has 0 radical (unpaired) electrons. The minimum atomic E-state index is -3.03. The van der Waals surface area contributed by atoms with E-state index in [0.717, 1.165) is 38.9 Å². The Balaban J connectivity index is 1.45. The predicted molar refractivity (Wildman–Crippen MR) is 174 cm³/mol. The molecule has 4 aromatic rings. The molecule has 0 bridgehead atoms. The first-order valence-corrected chi connectivity index (χ1v) is 16.2. The van der Waals surface area contributed by atoms with Gasteiger partial charge in [0.25, 0.3) is 0 Å². The molecule has 0 aliphatic carbocycles. The number of carbonyl (C=O) groups is 1. The Labute approximate surface area is 269 Å². The third-order valence-electron chi connectivity index (χ3n) is 8.51. The number of benzene rings is 2. The van der Waals surface area contributed by atoms with Gasteiger partial charge in [0.2, 0.25) is 5.56 Å². The second-order valence-electron chi connectivity index (χ2n) is 11.6. The van der Waals surface area contributed by atoms with Gasteiger partial charge in [0.05, 0.1) is 24.4 Å². The molecule has 2 atom stereocenters. The highest BCUT2D eigenvalue weighted by molar-refractivity contribution is 7.17. The van der Waals surface area contributed by atoms with Crippen molar-refractivity contribution in [2.24, 2.45) is 0 Å². The lowest BCUT2D eigenvalue weighted by Gasteiger charge is -2.26. The largest absolute Gasteiger partial charge is 0.487 e. The van der Waals surface area contributed by atoms with Crippen molar-refractivity contribution in [2.45, 2.75) is 65.3 Å². The molecule has 46 heavy (non-hydrogen) atoms. The molecule has 244 valence electrons. The monoisotopic (exact) mass is 653 g/mol. The molecule has 0 spiro atoms.